The van der Waals surface area contributed by atoms with E-state index < -0.39 is 9.84 Å². The van der Waals surface area contributed by atoms with E-state index >= 15 is 0 Å². The molecule has 5 rings (SSSR count). The van der Waals surface area contributed by atoms with Gasteiger partial charge in [0.25, 0.3) is 0 Å². The van der Waals surface area contributed by atoms with Crippen LogP contribution in [0.2, 0.25) is 0 Å². The second-order valence-electron chi connectivity index (χ2n) is 11.4. The van der Waals surface area contributed by atoms with E-state index in [4.69, 9.17) is 4.74 Å². The molecule has 2 atom stereocenters. The first-order valence-corrected chi connectivity index (χ1v) is 15.8. The summed E-state index contributed by atoms with van der Waals surface area (Å²) >= 11 is 0. The number of piperidine rings is 1. The van der Waals surface area contributed by atoms with Gasteiger partial charge >= 0.3 is 6.09 Å². The Bertz CT molecular complexity index is 1270. The molecule has 3 aliphatic rings. The molecule has 8 nitrogen and oxygen atoms in total. The molecule has 2 aromatic carbocycles. The Labute approximate surface area is 231 Å². The van der Waals surface area contributed by atoms with Gasteiger partial charge in [0.2, 0.25) is 5.91 Å². The summed E-state index contributed by atoms with van der Waals surface area (Å²) in [6, 6.07) is 17.3. The molecule has 3 aliphatic heterocycles. The molecule has 0 N–H and O–H groups in total. The van der Waals surface area contributed by atoms with Gasteiger partial charge in [-0.15, -0.1) is 0 Å². The van der Waals surface area contributed by atoms with Gasteiger partial charge in [-0.05, 0) is 68.5 Å². The largest absolute Gasteiger partial charge is 0.450 e. The Morgan fingerprint density at radius 1 is 0.974 bits per heavy atom. The molecule has 1 spiro atoms. The van der Waals surface area contributed by atoms with E-state index in [-0.39, 0.29) is 23.3 Å². The van der Waals surface area contributed by atoms with Crippen molar-refractivity contribution >= 4 is 21.8 Å². The molecule has 0 radical (unpaired) electrons. The average molecular weight is 554 g/mol. The number of benzene rings is 2. The van der Waals surface area contributed by atoms with Crippen molar-refractivity contribution in [2.45, 2.75) is 43.5 Å². The fourth-order valence-corrected chi connectivity index (χ4v) is 7.19. The number of carbonyl (C=O) groups is 2. The molecule has 3 fully saturated rings. The van der Waals surface area contributed by atoms with Crippen LogP contribution in [0.3, 0.4) is 0 Å². The first-order valence-electron chi connectivity index (χ1n) is 14.0. The van der Waals surface area contributed by atoms with Crippen LogP contribution in [0.15, 0.2) is 59.5 Å². The quantitative estimate of drug-likeness (QED) is 0.519. The van der Waals surface area contributed by atoms with Crippen LogP contribution in [0.1, 0.15) is 43.2 Å². The Morgan fingerprint density at radius 2 is 1.64 bits per heavy atom. The molecule has 0 bridgehead atoms. The van der Waals surface area contributed by atoms with Crippen LogP contribution in [-0.2, 0) is 25.9 Å². The fourth-order valence-electron chi connectivity index (χ4n) is 6.56. The van der Waals surface area contributed by atoms with Crippen LogP contribution in [0.5, 0.6) is 0 Å². The van der Waals surface area contributed by atoms with E-state index in [1.165, 1.54) is 11.8 Å². The Morgan fingerprint density at radius 3 is 2.28 bits per heavy atom. The van der Waals surface area contributed by atoms with Gasteiger partial charge in [0.15, 0.2) is 9.84 Å². The third-order valence-corrected chi connectivity index (χ3v) is 9.96. The van der Waals surface area contributed by atoms with Crippen molar-refractivity contribution in [2.75, 3.05) is 52.1 Å². The minimum Gasteiger partial charge on any atom is -0.450 e. The molecule has 3 heterocycles. The molecule has 0 aliphatic carbocycles. The summed E-state index contributed by atoms with van der Waals surface area (Å²) < 4.78 is 28.8. The summed E-state index contributed by atoms with van der Waals surface area (Å²) in [5.74, 6) is 0.812. The maximum Gasteiger partial charge on any atom is 0.409 e. The van der Waals surface area contributed by atoms with Crippen molar-refractivity contribution in [1.29, 1.82) is 0 Å². The molecule has 2 unspecified atom stereocenters. The maximum absolute atomic E-state index is 13.5. The number of ether oxygens (including phenoxy) is 1. The SMILES string of the molecule is CCOC(=O)N1CC(CN2CCC3(CC2)CCN(Cc2ccc(S(C)(=O)=O)cc2)C3=O)C(c2ccccc2)C1. The molecular weight excluding hydrogens is 514 g/mol. The van der Waals surface area contributed by atoms with Crippen molar-refractivity contribution in [3.05, 3.63) is 65.7 Å². The van der Waals surface area contributed by atoms with Crippen molar-refractivity contribution in [3.63, 3.8) is 0 Å². The second kappa shape index (κ2) is 11.3. The number of sulfone groups is 1. The summed E-state index contributed by atoms with van der Waals surface area (Å²) in [7, 11) is -3.23. The fraction of sp³-hybridized carbons (Fsp3) is 0.533. The predicted octanol–water partition coefficient (Wildman–Crippen LogP) is 3.78. The van der Waals surface area contributed by atoms with Gasteiger partial charge in [0, 0.05) is 44.9 Å². The minimum atomic E-state index is -3.23. The highest BCUT2D eigenvalue weighted by molar-refractivity contribution is 7.90. The molecule has 3 saturated heterocycles. The molecule has 210 valence electrons. The van der Waals surface area contributed by atoms with E-state index in [1.54, 1.807) is 12.1 Å². The van der Waals surface area contributed by atoms with Gasteiger partial charge in [-0.1, -0.05) is 42.5 Å². The van der Waals surface area contributed by atoms with Crippen LogP contribution < -0.4 is 0 Å². The van der Waals surface area contributed by atoms with Crippen LogP contribution in [0, 0.1) is 11.3 Å². The monoisotopic (exact) mass is 553 g/mol. The van der Waals surface area contributed by atoms with E-state index in [0.717, 1.165) is 51.0 Å². The number of carbonyl (C=O) groups excluding carboxylic acids is 2. The molecule has 0 saturated carbocycles. The molecule has 9 heteroatoms. The van der Waals surface area contributed by atoms with Gasteiger partial charge in [-0.2, -0.15) is 0 Å². The highest BCUT2D eigenvalue weighted by Crippen LogP contribution is 2.43. The smallest absolute Gasteiger partial charge is 0.409 e. The van der Waals surface area contributed by atoms with Crippen LogP contribution in [-0.4, -0.2) is 87.2 Å². The summed E-state index contributed by atoms with van der Waals surface area (Å²) in [6.45, 7) is 7.47. The molecule has 2 aromatic rings. The number of likely N-dealkylation sites (tertiary alicyclic amines) is 3. The number of hydrogen-bond donors (Lipinski definition) is 0. The standard InChI is InChI=1S/C30H39N3O5S/c1-3-38-29(35)33-21-25(27(22-33)24-7-5-4-6-8-24)20-31-16-13-30(14-17-31)15-18-32(28(30)34)19-23-9-11-26(12-10-23)39(2,36)37/h4-12,25,27H,3,13-22H2,1-2H3. The minimum absolute atomic E-state index is 0.228. The highest BCUT2D eigenvalue weighted by atomic mass is 32.2. The summed E-state index contributed by atoms with van der Waals surface area (Å²) in [5, 5.41) is 0. The third-order valence-electron chi connectivity index (χ3n) is 8.83. The van der Waals surface area contributed by atoms with Crippen LogP contribution in [0.25, 0.3) is 0 Å². The zero-order chi connectivity index (χ0) is 27.6. The Kier molecular flexibility index (Phi) is 8.01. The van der Waals surface area contributed by atoms with Crippen LogP contribution >= 0.6 is 0 Å². The lowest BCUT2D eigenvalue weighted by Gasteiger charge is -2.39. The van der Waals surface area contributed by atoms with Gasteiger partial charge < -0.3 is 19.4 Å². The third kappa shape index (κ3) is 5.99. The van der Waals surface area contributed by atoms with Crippen molar-refractivity contribution in [2.24, 2.45) is 11.3 Å². The van der Waals surface area contributed by atoms with Crippen molar-refractivity contribution in [3.8, 4) is 0 Å². The van der Waals surface area contributed by atoms with E-state index in [2.05, 4.69) is 29.2 Å². The number of rotatable bonds is 7. The van der Waals surface area contributed by atoms with E-state index in [1.807, 2.05) is 34.9 Å². The van der Waals surface area contributed by atoms with Crippen LogP contribution in [0.4, 0.5) is 4.79 Å². The van der Waals surface area contributed by atoms with E-state index in [9.17, 15) is 18.0 Å². The number of nitrogens with zero attached hydrogens (tertiary/aromatic N) is 3. The lowest BCUT2D eigenvalue weighted by Crippen LogP contribution is -2.46. The average Bonchev–Trinajstić information content (AvgIpc) is 3.48. The summed E-state index contributed by atoms with van der Waals surface area (Å²) in [5.41, 5.74) is 1.91. The van der Waals surface area contributed by atoms with Gasteiger partial charge in [0.1, 0.15) is 0 Å². The topological polar surface area (TPSA) is 87.2 Å². The first-order chi connectivity index (χ1) is 18.7. The number of amides is 2. The Balaban J connectivity index is 1.19. The van der Waals surface area contributed by atoms with Gasteiger partial charge in [0.05, 0.1) is 16.9 Å². The van der Waals surface area contributed by atoms with Gasteiger partial charge in [-0.25, -0.2) is 13.2 Å². The number of hydrogen-bond acceptors (Lipinski definition) is 6. The van der Waals surface area contributed by atoms with Crippen molar-refractivity contribution < 1.29 is 22.7 Å². The molecule has 39 heavy (non-hydrogen) atoms. The van der Waals surface area contributed by atoms with E-state index in [0.29, 0.717) is 37.1 Å². The van der Waals surface area contributed by atoms with Gasteiger partial charge in [-0.3, -0.25) is 4.79 Å². The second-order valence-corrected chi connectivity index (χ2v) is 13.4. The molecule has 0 aromatic heterocycles. The zero-order valence-corrected chi connectivity index (χ0v) is 23.7. The first kappa shape index (κ1) is 27.6. The lowest BCUT2D eigenvalue weighted by molar-refractivity contribution is -0.139. The predicted molar refractivity (Wildman–Crippen MR) is 149 cm³/mol. The zero-order valence-electron chi connectivity index (χ0n) is 22.9. The van der Waals surface area contributed by atoms with Crippen molar-refractivity contribution in [1.82, 2.24) is 14.7 Å². The summed E-state index contributed by atoms with van der Waals surface area (Å²) in [6.07, 6.45) is 3.53. The molecule has 2 amide bonds. The summed E-state index contributed by atoms with van der Waals surface area (Å²) in [4.78, 5) is 32.6. The normalized spacial score (nSPS) is 23.5. The maximum atomic E-state index is 13.5. The highest BCUT2D eigenvalue weighted by Gasteiger charge is 2.48. The Hall–Kier alpha value is -2.91. The molecular formula is C30H39N3O5S. The lowest BCUT2D eigenvalue weighted by atomic mass is 9.76.